The number of rotatable bonds is 2. The van der Waals surface area contributed by atoms with Gasteiger partial charge in [-0.15, -0.1) is 0 Å². The van der Waals surface area contributed by atoms with Gasteiger partial charge in [0.15, 0.2) is 0 Å². The zero-order valence-electron chi connectivity index (χ0n) is 11.6. The maximum absolute atomic E-state index is 6.21. The van der Waals surface area contributed by atoms with Crippen LogP contribution >= 0.6 is 15.9 Å². The first-order valence-electron chi connectivity index (χ1n) is 7.43. The van der Waals surface area contributed by atoms with Crippen molar-refractivity contribution in [1.82, 2.24) is 4.90 Å². The van der Waals surface area contributed by atoms with E-state index in [-0.39, 0.29) is 0 Å². The van der Waals surface area contributed by atoms with Crippen molar-refractivity contribution < 1.29 is 0 Å². The molecule has 0 amide bonds. The molecule has 2 nitrogen and oxygen atoms in total. The molecule has 2 fully saturated rings. The van der Waals surface area contributed by atoms with Gasteiger partial charge in [-0.1, -0.05) is 34.5 Å². The lowest BCUT2D eigenvalue weighted by molar-refractivity contribution is -0.000514. The van der Waals surface area contributed by atoms with Crippen LogP contribution in [0.1, 0.15) is 50.6 Å². The minimum absolute atomic E-state index is 0.420. The Balaban J connectivity index is 1.82. The number of halogens is 1. The van der Waals surface area contributed by atoms with Crippen LogP contribution in [0.5, 0.6) is 0 Å². The summed E-state index contributed by atoms with van der Waals surface area (Å²) in [5.74, 6) is 0. The first-order valence-corrected chi connectivity index (χ1v) is 8.23. The van der Waals surface area contributed by atoms with Crippen molar-refractivity contribution in [3.63, 3.8) is 0 Å². The number of nitrogens with two attached hydrogens (primary N) is 1. The van der Waals surface area contributed by atoms with Gasteiger partial charge in [-0.2, -0.15) is 0 Å². The molecular weight excluding hydrogens is 300 g/mol. The van der Waals surface area contributed by atoms with Crippen LogP contribution in [0.25, 0.3) is 0 Å². The number of piperidine rings is 2. The van der Waals surface area contributed by atoms with Gasteiger partial charge in [0, 0.05) is 28.6 Å². The van der Waals surface area contributed by atoms with E-state index in [2.05, 4.69) is 52.0 Å². The smallest absolute Gasteiger partial charge is 0.0325 e. The van der Waals surface area contributed by atoms with Gasteiger partial charge >= 0.3 is 0 Å². The van der Waals surface area contributed by atoms with Gasteiger partial charge in [0.2, 0.25) is 0 Å². The van der Waals surface area contributed by atoms with Crippen LogP contribution in [-0.2, 0) is 0 Å². The zero-order valence-corrected chi connectivity index (χ0v) is 13.1. The van der Waals surface area contributed by atoms with E-state index in [1.54, 1.807) is 0 Å². The Kier molecular flexibility index (Phi) is 3.97. The molecular formula is C16H23BrN2. The van der Waals surface area contributed by atoms with Gasteiger partial charge in [-0.05, 0) is 50.3 Å². The summed E-state index contributed by atoms with van der Waals surface area (Å²) in [4.78, 5) is 2.75. The molecule has 1 aromatic rings. The third-order valence-electron chi connectivity index (χ3n) is 4.87. The Morgan fingerprint density at radius 3 is 2.32 bits per heavy atom. The van der Waals surface area contributed by atoms with E-state index >= 15 is 0 Å². The molecule has 0 radical (unpaired) electrons. The molecule has 0 spiro atoms. The van der Waals surface area contributed by atoms with Crippen LogP contribution < -0.4 is 5.73 Å². The molecule has 3 heteroatoms. The van der Waals surface area contributed by atoms with E-state index in [9.17, 15) is 0 Å². The maximum Gasteiger partial charge on any atom is 0.0325 e. The van der Waals surface area contributed by atoms with Crippen LogP contribution in [0.3, 0.4) is 0 Å². The molecule has 19 heavy (non-hydrogen) atoms. The molecule has 3 rings (SSSR count). The summed E-state index contributed by atoms with van der Waals surface area (Å²) in [6, 6.07) is 11.1. The molecule has 0 saturated carbocycles. The highest BCUT2D eigenvalue weighted by molar-refractivity contribution is 9.10. The van der Waals surface area contributed by atoms with Gasteiger partial charge in [-0.3, -0.25) is 4.90 Å². The van der Waals surface area contributed by atoms with Gasteiger partial charge in [0.25, 0.3) is 0 Å². The SMILES string of the molecule is CC(c1ccc(Br)cc1)N1C2CCCC1CC(N)C2. The van der Waals surface area contributed by atoms with Gasteiger partial charge in [0.1, 0.15) is 0 Å². The van der Waals surface area contributed by atoms with Gasteiger partial charge in [0.05, 0.1) is 0 Å². The molecule has 2 aliphatic rings. The molecule has 2 heterocycles. The monoisotopic (exact) mass is 322 g/mol. The summed E-state index contributed by atoms with van der Waals surface area (Å²) in [6.07, 6.45) is 6.39. The predicted octanol–water partition coefficient (Wildman–Crippen LogP) is 3.85. The highest BCUT2D eigenvalue weighted by Gasteiger charge is 2.39. The van der Waals surface area contributed by atoms with E-state index in [1.807, 2.05) is 0 Å². The number of hydrogen-bond donors (Lipinski definition) is 1. The Labute approximate surface area is 124 Å². The van der Waals surface area contributed by atoms with Crippen molar-refractivity contribution in [1.29, 1.82) is 0 Å². The minimum atomic E-state index is 0.420. The number of fused-ring (bicyclic) bond motifs is 2. The van der Waals surface area contributed by atoms with Gasteiger partial charge in [-0.25, -0.2) is 0 Å². The highest BCUT2D eigenvalue weighted by Crippen LogP contribution is 2.39. The average molecular weight is 323 g/mol. The van der Waals surface area contributed by atoms with Crippen molar-refractivity contribution in [3.8, 4) is 0 Å². The largest absolute Gasteiger partial charge is 0.328 e. The molecule has 0 aromatic heterocycles. The van der Waals surface area contributed by atoms with Crippen LogP contribution in [0, 0.1) is 0 Å². The fourth-order valence-corrected chi connectivity index (χ4v) is 4.27. The van der Waals surface area contributed by atoms with E-state index in [0.717, 1.165) is 4.47 Å². The molecule has 2 bridgehead atoms. The first-order chi connectivity index (χ1) is 9.15. The molecule has 2 N–H and O–H groups in total. The fraction of sp³-hybridized carbons (Fsp3) is 0.625. The van der Waals surface area contributed by atoms with E-state index in [0.29, 0.717) is 24.2 Å². The lowest BCUT2D eigenvalue weighted by atomic mass is 9.80. The lowest BCUT2D eigenvalue weighted by Gasteiger charge is -2.51. The minimum Gasteiger partial charge on any atom is -0.328 e. The summed E-state index contributed by atoms with van der Waals surface area (Å²) >= 11 is 3.52. The molecule has 3 unspecified atom stereocenters. The van der Waals surface area contributed by atoms with Crippen molar-refractivity contribution in [2.45, 2.75) is 63.2 Å². The summed E-state index contributed by atoms with van der Waals surface area (Å²) in [5, 5.41) is 0. The zero-order chi connectivity index (χ0) is 13.4. The molecule has 1 aromatic carbocycles. The van der Waals surface area contributed by atoms with Crippen LogP contribution in [0.4, 0.5) is 0 Å². The van der Waals surface area contributed by atoms with Crippen molar-refractivity contribution in [3.05, 3.63) is 34.3 Å². The summed E-state index contributed by atoms with van der Waals surface area (Å²) in [7, 11) is 0. The highest BCUT2D eigenvalue weighted by atomic mass is 79.9. The van der Waals surface area contributed by atoms with Crippen molar-refractivity contribution in [2.24, 2.45) is 5.73 Å². The van der Waals surface area contributed by atoms with E-state index in [4.69, 9.17) is 5.73 Å². The van der Waals surface area contributed by atoms with Crippen molar-refractivity contribution in [2.75, 3.05) is 0 Å². The topological polar surface area (TPSA) is 29.3 Å². The number of benzene rings is 1. The van der Waals surface area contributed by atoms with E-state index < -0.39 is 0 Å². The second-order valence-corrected chi connectivity index (χ2v) is 7.06. The number of nitrogens with zero attached hydrogens (tertiary/aromatic N) is 1. The Bertz CT molecular complexity index is 417. The lowest BCUT2D eigenvalue weighted by Crippen LogP contribution is -2.55. The normalized spacial score (nSPS) is 33.1. The van der Waals surface area contributed by atoms with Gasteiger partial charge < -0.3 is 5.73 Å². The maximum atomic E-state index is 6.21. The second-order valence-electron chi connectivity index (χ2n) is 6.14. The predicted molar refractivity (Wildman–Crippen MR) is 83.0 cm³/mol. The van der Waals surface area contributed by atoms with E-state index in [1.165, 1.54) is 37.7 Å². The molecule has 2 aliphatic heterocycles. The van der Waals surface area contributed by atoms with Crippen molar-refractivity contribution >= 4 is 15.9 Å². The summed E-state index contributed by atoms with van der Waals surface area (Å²) < 4.78 is 1.16. The quantitative estimate of drug-likeness (QED) is 0.896. The molecule has 0 aliphatic carbocycles. The molecule has 3 atom stereocenters. The number of hydrogen-bond acceptors (Lipinski definition) is 2. The van der Waals surface area contributed by atoms with Crippen LogP contribution in [0.15, 0.2) is 28.7 Å². The standard InChI is InChI=1S/C16H23BrN2/c1-11(12-5-7-13(17)8-6-12)19-15-3-2-4-16(19)10-14(18)9-15/h5-8,11,14-16H,2-4,9-10,18H2,1H3. The first kappa shape index (κ1) is 13.6. The average Bonchev–Trinajstić information content (AvgIpc) is 2.37. The summed E-state index contributed by atoms with van der Waals surface area (Å²) in [5.41, 5.74) is 7.64. The van der Waals surface area contributed by atoms with Crippen LogP contribution in [0.2, 0.25) is 0 Å². The third kappa shape index (κ3) is 2.74. The Hall–Kier alpha value is -0.380. The Morgan fingerprint density at radius 2 is 1.74 bits per heavy atom. The Morgan fingerprint density at radius 1 is 1.16 bits per heavy atom. The fourth-order valence-electron chi connectivity index (χ4n) is 4.01. The second kappa shape index (κ2) is 5.55. The summed E-state index contributed by atoms with van der Waals surface area (Å²) in [6.45, 7) is 2.35. The molecule has 104 valence electrons. The third-order valence-corrected chi connectivity index (χ3v) is 5.40. The van der Waals surface area contributed by atoms with Crippen LogP contribution in [-0.4, -0.2) is 23.0 Å². The molecule has 2 saturated heterocycles.